The van der Waals surface area contributed by atoms with Crippen molar-refractivity contribution in [1.29, 1.82) is 0 Å². The summed E-state index contributed by atoms with van der Waals surface area (Å²) in [5.41, 5.74) is 0. The first-order valence-corrected chi connectivity index (χ1v) is 44.1. The van der Waals surface area contributed by atoms with Crippen LogP contribution in [0.3, 0.4) is 0 Å². The molecule has 19 heteroatoms. The summed E-state index contributed by atoms with van der Waals surface area (Å²) in [6.45, 7) is 9.52. The zero-order valence-corrected chi connectivity index (χ0v) is 65.9. The average Bonchev–Trinajstić information content (AvgIpc) is 0.982. The van der Waals surface area contributed by atoms with Crippen LogP contribution in [0.25, 0.3) is 0 Å². The van der Waals surface area contributed by atoms with Crippen molar-refractivity contribution in [3.63, 3.8) is 0 Å². The monoisotopic (exact) mass is 1440 g/mol. The van der Waals surface area contributed by atoms with E-state index in [4.69, 9.17) is 37.0 Å². The normalized spacial score (nSPS) is 14.5. The number of hydrogen-bond donors (Lipinski definition) is 3. The molecule has 0 heterocycles. The number of unbranched alkanes of at least 4 members (excludes halogenated alkanes) is 46. The summed E-state index contributed by atoms with van der Waals surface area (Å²) in [4.78, 5) is 72.9. The third kappa shape index (κ3) is 69.8. The van der Waals surface area contributed by atoms with Crippen LogP contribution in [0.1, 0.15) is 414 Å². The van der Waals surface area contributed by atoms with Gasteiger partial charge in [0.25, 0.3) is 0 Å². The Hall–Kier alpha value is -1.94. The second-order valence-electron chi connectivity index (χ2n) is 28.9. The smallest absolute Gasteiger partial charge is 0.462 e. The minimum Gasteiger partial charge on any atom is -0.462 e. The quantitative estimate of drug-likeness (QED) is 0.0222. The van der Waals surface area contributed by atoms with Crippen molar-refractivity contribution in [2.24, 2.45) is 11.8 Å². The number of ether oxygens (including phenoxy) is 4. The molecule has 0 aliphatic heterocycles. The van der Waals surface area contributed by atoms with E-state index in [1.807, 2.05) is 0 Å². The van der Waals surface area contributed by atoms with Gasteiger partial charge in [0.05, 0.1) is 26.4 Å². The van der Waals surface area contributed by atoms with Crippen LogP contribution in [0.15, 0.2) is 0 Å². The molecule has 0 spiro atoms. The van der Waals surface area contributed by atoms with E-state index >= 15 is 0 Å². The van der Waals surface area contributed by atoms with Crippen LogP contribution in [-0.4, -0.2) is 96.7 Å². The SMILES string of the molecule is CCCCCCCCCCCCCCCCCCCCCCCC(=O)O[C@H](COC(=O)CCCCCCCCCCCCCCCCCCC)COP(=O)(O)OC[C@@H](O)COP(=O)(O)OC[C@@H](COC(=O)CCCCCCCCC(C)CC)OC(=O)CCCCCCCCC(C)CC. The summed E-state index contributed by atoms with van der Waals surface area (Å²) >= 11 is 0. The van der Waals surface area contributed by atoms with Gasteiger partial charge in [-0.15, -0.1) is 0 Å². The Morgan fingerprint density at radius 2 is 0.490 bits per heavy atom. The maximum absolute atomic E-state index is 13.1. The molecular formula is C79H154O17P2. The molecule has 0 fully saturated rings. The number of phosphoric acid groups is 2. The highest BCUT2D eigenvalue weighted by molar-refractivity contribution is 7.47. The third-order valence-corrected chi connectivity index (χ3v) is 21.1. The van der Waals surface area contributed by atoms with Crippen molar-refractivity contribution in [3.05, 3.63) is 0 Å². The molecule has 7 atom stereocenters. The Bertz CT molecular complexity index is 1890. The molecule has 17 nitrogen and oxygen atoms in total. The lowest BCUT2D eigenvalue weighted by atomic mass is 10.00. The molecule has 0 rings (SSSR count). The Morgan fingerprint density at radius 3 is 0.724 bits per heavy atom. The van der Waals surface area contributed by atoms with Gasteiger partial charge in [-0.3, -0.25) is 37.3 Å². The van der Waals surface area contributed by atoms with Gasteiger partial charge in [-0.1, -0.05) is 363 Å². The summed E-state index contributed by atoms with van der Waals surface area (Å²) in [6.07, 6.45) is 59.9. The molecule has 0 radical (unpaired) electrons. The molecule has 0 aromatic heterocycles. The van der Waals surface area contributed by atoms with E-state index in [9.17, 15) is 43.2 Å². The number of carbonyl (C=O) groups is 4. The first-order valence-electron chi connectivity index (χ1n) is 41.1. The van der Waals surface area contributed by atoms with Crippen molar-refractivity contribution in [2.75, 3.05) is 39.6 Å². The molecule has 4 unspecified atom stereocenters. The van der Waals surface area contributed by atoms with E-state index in [0.717, 1.165) is 108 Å². The topological polar surface area (TPSA) is 237 Å². The minimum absolute atomic E-state index is 0.102. The zero-order valence-electron chi connectivity index (χ0n) is 64.1. The number of rotatable bonds is 78. The van der Waals surface area contributed by atoms with E-state index in [1.54, 1.807) is 0 Å². The van der Waals surface area contributed by atoms with E-state index < -0.39 is 97.5 Å². The fraction of sp³-hybridized carbons (Fsp3) is 0.949. The van der Waals surface area contributed by atoms with Gasteiger partial charge < -0.3 is 33.8 Å². The lowest BCUT2D eigenvalue weighted by Crippen LogP contribution is -2.30. The van der Waals surface area contributed by atoms with Gasteiger partial charge in [0, 0.05) is 25.7 Å². The van der Waals surface area contributed by atoms with Crippen LogP contribution in [0.5, 0.6) is 0 Å². The van der Waals surface area contributed by atoms with E-state index in [-0.39, 0.29) is 25.7 Å². The molecule has 582 valence electrons. The number of carbonyl (C=O) groups excluding carboxylic acids is 4. The molecule has 0 aliphatic rings. The minimum atomic E-state index is -4.96. The number of phosphoric ester groups is 2. The lowest BCUT2D eigenvalue weighted by Gasteiger charge is -2.21. The molecule has 0 saturated carbocycles. The molecule has 0 aromatic carbocycles. The summed E-state index contributed by atoms with van der Waals surface area (Å²) in [6, 6.07) is 0. The predicted molar refractivity (Wildman–Crippen MR) is 400 cm³/mol. The van der Waals surface area contributed by atoms with Gasteiger partial charge in [0.15, 0.2) is 12.2 Å². The summed E-state index contributed by atoms with van der Waals surface area (Å²) in [5, 5.41) is 10.6. The molecule has 3 N–H and O–H groups in total. The highest BCUT2D eigenvalue weighted by Gasteiger charge is 2.30. The van der Waals surface area contributed by atoms with Crippen molar-refractivity contribution in [2.45, 2.75) is 432 Å². The fourth-order valence-electron chi connectivity index (χ4n) is 12.1. The van der Waals surface area contributed by atoms with Crippen LogP contribution in [0, 0.1) is 11.8 Å². The number of aliphatic hydroxyl groups excluding tert-OH is 1. The first-order chi connectivity index (χ1) is 47.4. The average molecular weight is 1440 g/mol. The Labute approximate surface area is 600 Å². The van der Waals surface area contributed by atoms with Gasteiger partial charge in [0.1, 0.15) is 19.3 Å². The van der Waals surface area contributed by atoms with Crippen LogP contribution in [0.2, 0.25) is 0 Å². The summed E-state index contributed by atoms with van der Waals surface area (Å²) in [5.74, 6) is -0.666. The molecular weight excluding hydrogens is 1280 g/mol. The molecule has 98 heavy (non-hydrogen) atoms. The highest BCUT2D eigenvalue weighted by atomic mass is 31.2. The maximum Gasteiger partial charge on any atom is 0.472 e. The molecule has 0 aromatic rings. The Kier molecular flexibility index (Phi) is 69.3. The number of esters is 4. The lowest BCUT2D eigenvalue weighted by molar-refractivity contribution is -0.161. The Balaban J connectivity index is 5.20. The van der Waals surface area contributed by atoms with Gasteiger partial charge >= 0.3 is 39.5 Å². The van der Waals surface area contributed by atoms with Crippen LogP contribution >= 0.6 is 15.6 Å². The van der Waals surface area contributed by atoms with Crippen LogP contribution in [-0.2, 0) is 65.4 Å². The molecule has 0 bridgehead atoms. The second-order valence-corrected chi connectivity index (χ2v) is 31.8. The largest absolute Gasteiger partial charge is 0.472 e. The van der Waals surface area contributed by atoms with E-state index in [0.29, 0.717) is 25.7 Å². The van der Waals surface area contributed by atoms with E-state index in [1.165, 1.54) is 225 Å². The first kappa shape index (κ1) is 96.1. The molecule has 0 aliphatic carbocycles. The summed E-state index contributed by atoms with van der Waals surface area (Å²) < 4.78 is 68.6. The van der Waals surface area contributed by atoms with Gasteiger partial charge in [0.2, 0.25) is 0 Å². The van der Waals surface area contributed by atoms with E-state index in [2.05, 4.69) is 41.5 Å². The maximum atomic E-state index is 13.1. The van der Waals surface area contributed by atoms with Crippen LogP contribution in [0.4, 0.5) is 0 Å². The van der Waals surface area contributed by atoms with Crippen molar-refractivity contribution in [3.8, 4) is 0 Å². The van der Waals surface area contributed by atoms with Gasteiger partial charge in [-0.2, -0.15) is 0 Å². The molecule has 0 saturated heterocycles. The second kappa shape index (κ2) is 70.7. The van der Waals surface area contributed by atoms with Gasteiger partial charge in [-0.25, -0.2) is 9.13 Å². The predicted octanol–water partition coefficient (Wildman–Crippen LogP) is 23.5. The van der Waals surface area contributed by atoms with Crippen molar-refractivity contribution < 1.29 is 80.2 Å². The number of aliphatic hydroxyl groups is 1. The third-order valence-electron chi connectivity index (χ3n) is 19.2. The number of hydrogen-bond acceptors (Lipinski definition) is 15. The van der Waals surface area contributed by atoms with Crippen molar-refractivity contribution >= 4 is 39.5 Å². The highest BCUT2D eigenvalue weighted by Crippen LogP contribution is 2.45. The van der Waals surface area contributed by atoms with Gasteiger partial charge in [-0.05, 0) is 37.5 Å². The summed E-state index contributed by atoms with van der Waals surface area (Å²) in [7, 11) is -9.91. The zero-order chi connectivity index (χ0) is 72.1. The Morgan fingerprint density at radius 1 is 0.286 bits per heavy atom. The standard InChI is InChI=1S/C79H154O17P2/c1-7-11-13-15-17-19-21-23-25-27-28-29-30-32-34-36-38-40-42-51-57-63-78(83)95-74(67-89-76(81)61-55-49-41-39-37-35-33-31-26-24-22-20-18-16-14-12-8-2)69-93-97(85,86)91-65-73(80)66-92-98(87,88)94-70-75(96-79(84)64-58-52-46-44-48-54-60-72(6)10-4)68-90-77(82)62-56-50-45-43-47-53-59-71(5)9-3/h71-75,80H,7-70H2,1-6H3,(H,85,86)(H,87,88)/t71?,72?,73-,74-,75-/m1/s1. The fourth-order valence-corrected chi connectivity index (χ4v) is 13.7. The molecule has 0 amide bonds. The van der Waals surface area contributed by atoms with Crippen LogP contribution < -0.4 is 0 Å². The van der Waals surface area contributed by atoms with Crippen molar-refractivity contribution in [1.82, 2.24) is 0 Å².